The Hall–Kier alpha value is -1.84. The van der Waals surface area contributed by atoms with Gasteiger partial charge in [-0.05, 0) is 38.0 Å². The Bertz CT molecular complexity index is 591. The normalized spacial score (nSPS) is 15.3. The third-order valence-corrected chi connectivity index (χ3v) is 3.56. The van der Waals surface area contributed by atoms with E-state index in [0.29, 0.717) is 0 Å². The lowest BCUT2D eigenvalue weighted by atomic mass is 9.97. The van der Waals surface area contributed by atoms with Gasteiger partial charge in [-0.25, -0.2) is 0 Å². The van der Waals surface area contributed by atoms with Gasteiger partial charge in [0.15, 0.2) is 0 Å². The molecule has 0 saturated carbocycles. The molecule has 0 heterocycles. The number of aliphatic hydroxyl groups is 1. The van der Waals surface area contributed by atoms with Gasteiger partial charge in [0.1, 0.15) is 18.0 Å². The van der Waals surface area contributed by atoms with E-state index in [1.54, 1.807) is 6.92 Å². The van der Waals surface area contributed by atoms with Crippen molar-refractivity contribution in [2.75, 3.05) is 6.61 Å². The molecule has 0 amide bonds. The first-order valence-electron chi connectivity index (χ1n) is 7.17. The van der Waals surface area contributed by atoms with Gasteiger partial charge in [-0.3, -0.25) is 0 Å². The summed E-state index contributed by atoms with van der Waals surface area (Å²) in [5.74, 6) is 0.737. The molecule has 0 aliphatic carbocycles. The van der Waals surface area contributed by atoms with E-state index in [1.165, 1.54) is 0 Å². The first kappa shape index (κ1) is 15.5. The van der Waals surface area contributed by atoms with Gasteiger partial charge >= 0.3 is 0 Å². The second-order valence-corrected chi connectivity index (χ2v) is 5.76. The molecule has 3 N–H and O–H groups in total. The van der Waals surface area contributed by atoms with E-state index in [1.807, 2.05) is 62.4 Å². The summed E-state index contributed by atoms with van der Waals surface area (Å²) < 4.78 is 5.87. The lowest BCUT2D eigenvalue weighted by molar-refractivity contribution is 0.00720. The molecule has 3 heteroatoms. The Labute approximate surface area is 126 Å². The first-order valence-corrected chi connectivity index (χ1v) is 7.17. The quantitative estimate of drug-likeness (QED) is 0.886. The van der Waals surface area contributed by atoms with Crippen molar-refractivity contribution in [3.8, 4) is 5.75 Å². The van der Waals surface area contributed by atoms with E-state index in [0.717, 1.165) is 22.4 Å². The molecule has 2 aromatic rings. The van der Waals surface area contributed by atoms with Crippen LogP contribution >= 0.6 is 0 Å². The third-order valence-electron chi connectivity index (χ3n) is 3.56. The zero-order valence-electron chi connectivity index (χ0n) is 12.8. The van der Waals surface area contributed by atoms with E-state index in [2.05, 4.69) is 0 Å². The summed E-state index contributed by atoms with van der Waals surface area (Å²) >= 11 is 0. The molecule has 0 aliphatic heterocycles. The van der Waals surface area contributed by atoms with Gasteiger partial charge in [0, 0.05) is 11.6 Å². The van der Waals surface area contributed by atoms with Gasteiger partial charge in [0.05, 0.1) is 0 Å². The number of hydrogen-bond acceptors (Lipinski definition) is 3. The summed E-state index contributed by atoms with van der Waals surface area (Å²) in [6, 6.07) is 15.4. The van der Waals surface area contributed by atoms with Crippen molar-refractivity contribution in [3.63, 3.8) is 0 Å². The molecule has 2 rings (SSSR count). The Kier molecular flexibility index (Phi) is 4.66. The van der Waals surface area contributed by atoms with Crippen LogP contribution in [-0.4, -0.2) is 11.7 Å². The molecule has 1 unspecified atom stereocenters. The molecule has 112 valence electrons. The van der Waals surface area contributed by atoms with Crippen LogP contribution < -0.4 is 10.5 Å². The van der Waals surface area contributed by atoms with Gasteiger partial charge in [-0.1, -0.05) is 42.5 Å². The van der Waals surface area contributed by atoms with Crippen molar-refractivity contribution >= 4 is 0 Å². The van der Waals surface area contributed by atoms with Crippen LogP contribution in [0.4, 0.5) is 0 Å². The average molecular weight is 285 g/mol. The standard InChI is InChI=1S/C18H23NO2/c1-13-9-10-16(14(2)19)17(11-13)21-12-18(3,20)15-7-5-4-6-8-15/h4-11,14,20H,12,19H2,1-3H3/t14-,18?/m0/s1. The third kappa shape index (κ3) is 3.84. The summed E-state index contributed by atoms with van der Waals surface area (Å²) in [7, 11) is 0. The molecule has 0 bridgehead atoms. The van der Waals surface area contributed by atoms with Gasteiger partial charge < -0.3 is 15.6 Å². The number of rotatable bonds is 5. The Balaban J connectivity index is 2.18. The molecular formula is C18H23NO2. The van der Waals surface area contributed by atoms with Crippen LogP contribution in [0.1, 0.15) is 36.6 Å². The average Bonchev–Trinajstić information content (AvgIpc) is 2.46. The highest BCUT2D eigenvalue weighted by Crippen LogP contribution is 2.28. The van der Waals surface area contributed by atoms with Crippen LogP contribution in [-0.2, 0) is 5.60 Å². The van der Waals surface area contributed by atoms with Crippen molar-refractivity contribution in [2.24, 2.45) is 5.73 Å². The molecule has 3 nitrogen and oxygen atoms in total. The van der Waals surface area contributed by atoms with Crippen molar-refractivity contribution in [1.29, 1.82) is 0 Å². The first-order chi connectivity index (χ1) is 9.90. The van der Waals surface area contributed by atoms with E-state index in [-0.39, 0.29) is 12.6 Å². The molecule has 0 aliphatic rings. The van der Waals surface area contributed by atoms with Gasteiger partial charge in [-0.2, -0.15) is 0 Å². The van der Waals surface area contributed by atoms with Crippen molar-refractivity contribution in [2.45, 2.75) is 32.4 Å². The lowest BCUT2D eigenvalue weighted by Gasteiger charge is -2.25. The zero-order valence-corrected chi connectivity index (χ0v) is 12.8. The predicted molar refractivity (Wildman–Crippen MR) is 85.3 cm³/mol. The highest BCUT2D eigenvalue weighted by atomic mass is 16.5. The Morgan fingerprint density at radius 2 is 1.86 bits per heavy atom. The molecule has 0 spiro atoms. The maximum Gasteiger partial charge on any atom is 0.124 e. The van der Waals surface area contributed by atoms with Crippen molar-refractivity contribution in [3.05, 3.63) is 65.2 Å². The molecule has 2 aromatic carbocycles. The smallest absolute Gasteiger partial charge is 0.124 e. The lowest BCUT2D eigenvalue weighted by Crippen LogP contribution is -2.29. The monoisotopic (exact) mass is 285 g/mol. The Morgan fingerprint density at radius 3 is 2.48 bits per heavy atom. The molecule has 2 atom stereocenters. The molecule has 0 radical (unpaired) electrons. The predicted octanol–water partition coefficient (Wildman–Crippen LogP) is 3.30. The Morgan fingerprint density at radius 1 is 1.19 bits per heavy atom. The second-order valence-electron chi connectivity index (χ2n) is 5.76. The van der Waals surface area contributed by atoms with Crippen LogP contribution in [0.15, 0.2) is 48.5 Å². The fraction of sp³-hybridized carbons (Fsp3) is 0.333. The SMILES string of the molecule is Cc1ccc([C@H](C)N)c(OCC(C)(O)c2ccccc2)c1. The molecule has 21 heavy (non-hydrogen) atoms. The second kappa shape index (κ2) is 6.29. The molecule has 0 fully saturated rings. The number of benzene rings is 2. The van der Waals surface area contributed by atoms with Crippen LogP contribution in [0.3, 0.4) is 0 Å². The zero-order chi connectivity index (χ0) is 15.5. The van der Waals surface area contributed by atoms with Crippen molar-refractivity contribution < 1.29 is 9.84 Å². The highest BCUT2D eigenvalue weighted by Gasteiger charge is 2.24. The summed E-state index contributed by atoms with van der Waals surface area (Å²) in [6.07, 6.45) is 0. The number of aryl methyl sites for hydroxylation is 1. The largest absolute Gasteiger partial charge is 0.490 e. The maximum atomic E-state index is 10.6. The van der Waals surface area contributed by atoms with Crippen LogP contribution in [0, 0.1) is 6.92 Å². The fourth-order valence-corrected chi connectivity index (χ4v) is 2.24. The number of ether oxygens (including phenoxy) is 1. The van der Waals surface area contributed by atoms with Crippen molar-refractivity contribution in [1.82, 2.24) is 0 Å². The minimum Gasteiger partial charge on any atom is -0.490 e. The highest BCUT2D eigenvalue weighted by molar-refractivity contribution is 5.39. The topological polar surface area (TPSA) is 55.5 Å². The maximum absolute atomic E-state index is 10.6. The van der Waals surface area contributed by atoms with Gasteiger partial charge in [0.2, 0.25) is 0 Å². The molecule has 0 saturated heterocycles. The van der Waals surface area contributed by atoms with E-state index >= 15 is 0 Å². The molecule has 0 aromatic heterocycles. The minimum absolute atomic E-state index is 0.109. The van der Waals surface area contributed by atoms with Crippen LogP contribution in [0.25, 0.3) is 0 Å². The summed E-state index contributed by atoms with van der Waals surface area (Å²) in [5, 5.41) is 10.6. The van der Waals surface area contributed by atoms with Crippen LogP contribution in [0.2, 0.25) is 0 Å². The number of hydrogen-bond donors (Lipinski definition) is 2. The summed E-state index contributed by atoms with van der Waals surface area (Å²) in [5.41, 5.74) is 7.82. The summed E-state index contributed by atoms with van der Waals surface area (Å²) in [4.78, 5) is 0. The van der Waals surface area contributed by atoms with Gasteiger partial charge in [0.25, 0.3) is 0 Å². The van der Waals surface area contributed by atoms with E-state index in [9.17, 15) is 5.11 Å². The summed E-state index contributed by atoms with van der Waals surface area (Å²) in [6.45, 7) is 5.86. The number of nitrogens with two attached hydrogens (primary N) is 1. The van der Waals surface area contributed by atoms with Gasteiger partial charge in [-0.15, -0.1) is 0 Å². The van der Waals surface area contributed by atoms with E-state index in [4.69, 9.17) is 10.5 Å². The molecular weight excluding hydrogens is 262 g/mol. The fourth-order valence-electron chi connectivity index (χ4n) is 2.24. The minimum atomic E-state index is -1.04. The van der Waals surface area contributed by atoms with Crippen LogP contribution in [0.5, 0.6) is 5.75 Å². The van der Waals surface area contributed by atoms with E-state index < -0.39 is 5.60 Å².